The van der Waals surface area contributed by atoms with Crippen molar-refractivity contribution in [3.8, 4) is 5.75 Å². The number of anilines is 2. The molecule has 1 N–H and O–H groups in total. The molecule has 0 atom stereocenters. The van der Waals surface area contributed by atoms with E-state index in [-0.39, 0.29) is 5.91 Å². The summed E-state index contributed by atoms with van der Waals surface area (Å²) in [4.78, 5) is 24.4. The van der Waals surface area contributed by atoms with Gasteiger partial charge in [-0.3, -0.25) is 4.79 Å². The molecule has 6 nitrogen and oxygen atoms in total. The third kappa shape index (κ3) is 4.99. The van der Waals surface area contributed by atoms with Crippen molar-refractivity contribution >= 4 is 40.1 Å². The first kappa shape index (κ1) is 22.2. The summed E-state index contributed by atoms with van der Waals surface area (Å²) in [6.45, 7) is 3.95. The van der Waals surface area contributed by atoms with Gasteiger partial charge in [0.2, 0.25) is 0 Å². The van der Waals surface area contributed by atoms with Crippen LogP contribution in [0, 0.1) is 6.92 Å². The van der Waals surface area contributed by atoms with E-state index in [1.54, 1.807) is 6.20 Å². The Morgan fingerprint density at radius 2 is 1.79 bits per heavy atom. The lowest BCUT2D eigenvalue weighted by Gasteiger charge is -2.27. The van der Waals surface area contributed by atoms with Crippen LogP contribution in [0.2, 0.25) is 0 Å². The number of pyridine rings is 2. The molecule has 0 spiro atoms. The van der Waals surface area contributed by atoms with Crippen molar-refractivity contribution in [1.82, 2.24) is 14.9 Å². The second-order valence-corrected chi connectivity index (χ2v) is 9.42. The van der Waals surface area contributed by atoms with Crippen LogP contribution in [0.1, 0.15) is 21.6 Å². The summed E-state index contributed by atoms with van der Waals surface area (Å²) in [5.74, 6) is 2.70. The molecule has 0 unspecified atom stereocenters. The molecular weight excluding hydrogens is 444 g/mol. The number of rotatable bonds is 6. The summed E-state index contributed by atoms with van der Waals surface area (Å²) in [6, 6.07) is 21.8. The molecule has 2 aromatic carbocycles. The van der Waals surface area contributed by atoms with Crippen LogP contribution in [-0.4, -0.2) is 45.4 Å². The standard InChI is InChI=1S/C27H26N4O2S/c1-19-7-12-23-25(24(17-28-26(23)29-19)27(32)31-13-15-34-16-14-31)30-21-8-10-22(11-9-21)33-18-20-5-3-2-4-6-20/h2-12,17H,13-16,18H2,1H3,(H,28,29,30). The molecule has 0 aliphatic carbocycles. The fraction of sp³-hybridized carbons (Fsp3) is 0.222. The van der Waals surface area contributed by atoms with Gasteiger partial charge in [0.05, 0.1) is 11.3 Å². The van der Waals surface area contributed by atoms with Crippen molar-refractivity contribution in [2.24, 2.45) is 0 Å². The van der Waals surface area contributed by atoms with Gasteiger partial charge in [-0.25, -0.2) is 9.97 Å². The van der Waals surface area contributed by atoms with Gasteiger partial charge in [-0.2, -0.15) is 11.8 Å². The van der Waals surface area contributed by atoms with Crippen molar-refractivity contribution in [3.05, 3.63) is 89.7 Å². The monoisotopic (exact) mass is 470 g/mol. The number of thioether (sulfide) groups is 1. The molecular formula is C27H26N4O2S. The molecule has 7 heteroatoms. The van der Waals surface area contributed by atoms with E-state index in [4.69, 9.17) is 4.74 Å². The van der Waals surface area contributed by atoms with Crippen LogP contribution in [-0.2, 0) is 6.61 Å². The Morgan fingerprint density at radius 1 is 1.03 bits per heavy atom. The minimum Gasteiger partial charge on any atom is -0.489 e. The average molecular weight is 471 g/mol. The predicted octanol–water partition coefficient (Wildman–Crippen LogP) is 5.45. The van der Waals surface area contributed by atoms with Crippen molar-refractivity contribution in [1.29, 1.82) is 0 Å². The highest BCUT2D eigenvalue weighted by Crippen LogP contribution is 2.31. The lowest BCUT2D eigenvalue weighted by atomic mass is 10.1. The number of benzene rings is 2. The van der Waals surface area contributed by atoms with Crippen LogP contribution in [0.15, 0.2) is 72.9 Å². The van der Waals surface area contributed by atoms with Crippen LogP contribution in [0.4, 0.5) is 11.4 Å². The minimum atomic E-state index is 0.000546. The Hall–Kier alpha value is -3.58. The molecule has 0 radical (unpaired) electrons. The Kier molecular flexibility index (Phi) is 6.62. The van der Waals surface area contributed by atoms with Gasteiger partial charge in [-0.15, -0.1) is 0 Å². The topological polar surface area (TPSA) is 67.3 Å². The Labute approximate surface area is 203 Å². The molecule has 2 aromatic heterocycles. The summed E-state index contributed by atoms with van der Waals surface area (Å²) >= 11 is 1.88. The number of aromatic nitrogens is 2. The molecule has 0 saturated carbocycles. The number of amides is 1. The first-order chi connectivity index (χ1) is 16.7. The fourth-order valence-corrected chi connectivity index (χ4v) is 4.83. The van der Waals surface area contributed by atoms with Crippen LogP contribution in [0.3, 0.4) is 0 Å². The third-order valence-electron chi connectivity index (χ3n) is 5.77. The van der Waals surface area contributed by atoms with Gasteiger partial charge in [0.1, 0.15) is 12.4 Å². The maximum atomic E-state index is 13.4. The highest BCUT2D eigenvalue weighted by molar-refractivity contribution is 7.99. The van der Waals surface area contributed by atoms with E-state index in [0.29, 0.717) is 17.8 Å². The molecule has 1 amide bonds. The van der Waals surface area contributed by atoms with Crippen LogP contribution in [0.25, 0.3) is 11.0 Å². The normalized spacial score (nSPS) is 13.6. The second-order valence-electron chi connectivity index (χ2n) is 8.20. The quantitative estimate of drug-likeness (QED) is 0.404. The van der Waals surface area contributed by atoms with E-state index >= 15 is 0 Å². The molecule has 0 bridgehead atoms. The van der Waals surface area contributed by atoms with Gasteiger partial charge in [-0.05, 0) is 48.9 Å². The van der Waals surface area contributed by atoms with Crippen molar-refractivity contribution in [2.75, 3.05) is 29.9 Å². The molecule has 1 aliphatic rings. The van der Waals surface area contributed by atoms with E-state index in [9.17, 15) is 4.79 Å². The molecule has 3 heterocycles. The number of nitrogens with zero attached hydrogens (tertiary/aromatic N) is 3. The van der Waals surface area contributed by atoms with Gasteiger partial charge in [-0.1, -0.05) is 30.3 Å². The lowest BCUT2D eigenvalue weighted by molar-refractivity contribution is 0.0773. The molecule has 172 valence electrons. The van der Waals surface area contributed by atoms with E-state index in [1.165, 1.54) is 0 Å². The van der Waals surface area contributed by atoms with Gasteiger partial charge < -0.3 is 15.0 Å². The maximum absolute atomic E-state index is 13.4. The number of nitrogens with one attached hydrogen (secondary N) is 1. The molecule has 1 saturated heterocycles. The molecule has 1 fully saturated rings. The maximum Gasteiger partial charge on any atom is 0.257 e. The van der Waals surface area contributed by atoms with E-state index in [0.717, 1.165) is 58.4 Å². The minimum absolute atomic E-state index is 0.000546. The zero-order chi connectivity index (χ0) is 23.3. The number of carbonyl (C=O) groups is 1. The van der Waals surface area contributed by atoms with E-state index in [2.05, 4.69) is 15.3 Å². The van der Waals surface area contributed by atoms with Gasteiger partial charge in [0.15, 0.2) is 5.65 Å². The Balaban J connectivity index is 1.41. The van der Waals surface area contributed by atoms with Gasteiger partial charge in [0, 0.05) is 47.6 Å². The van der Waals surface area contributed by atoms with Crippen LogP contribution in [0.5, 0.6) is 5.75 Å². The third-order valence-corrected chi connectivity index (χ3v) is 6.71. The molecule has 1 aliphatic heterocycles. The number of carbonyl (C=O) groups excluding carboxylic acids is 1. The fourth-order valence-electron chi connectivity index (χ4n) is 3.93. The van der Waals surface area contributed by atoms with Crippen molar-refractivity contribution in [3.63, 3.8) is 0 Å². The predicted molar refractivity (Wildman–Crippen MR) is 138 cm³/mol. The summed E-state index contributed by atoms with van der Waals surface area (Å²) in [7, 11) is 0. The summed E-state index contributed by atoms with van der Waals surface area (Å²) < 4.78 is 5.91. The first-order valence-electron chi connectivity index (χ1n) is 11.3. The Morgan fingerprint density at radius 3 is 2.56 bits per heavy atom. The van der Waals surface area contributed by atoms with E-state index in [1.807, 2.05) is 90.3 Å². The Bertz CT molecular complexity index is 1290. The number of ether oxygens (including phenoxy) is 1. The molecule has 34 heavy (non-hydrogen) atoms. The largest absolute Gasteiger partial charge is 0.489 e. The summed E-state index contributed by atoms with van der Waals surface area (Å²) in [6.07, 6.45) is 1.65. The van der Waals surface area contributed by atoms with Gasteiger partial charge >= 0.3 is 0 Å². The number of hydrogen-bond acceptors (Lipinski definition) is 6. The number of hydrogen-bond donors (Lipinski definition) is 1. The van der Waals surface area contributed by atoms with Crippen LogP contribution >= 0.6 is 11.8 Å². The molecule has 4 aromatic rings. The lowest BCUT2D eigenvalue weighted by Crippen LogP contribution is -2.38. The first-order valence-corrected chi connectivity index (χ1v) is 12.5. The highest BCUT2D eigenvalue weighted by Gasteiger charge is 2.23. The van der Waals surface area contributed by atoms with Gasteiger partial charge in [0.25, 0.3) is 5.91 Å². The van der Waals surface area contributed by atoms with Crippen molar-refractivity contribution in [2.45, 2.75) is 13.5 Å². The average Bonchev–Trinajstić information content (AvgIpc) is 2.89. The number of aryl methyl sites for hydroxylation is 1. The summed E-state index contributed by atoms with van der Waals surface area (Å²) in [5, 5.41) is 4.29. The smallest absolute Gasteiger partial charge is 0.257 e. The van der Waals surface area contributed by atoms with E-state index < -0.39 is 0 Å². The SMILES string of the molecule is Cc1ccc2c(Nc3ccc(OCc4ccccc4)cc3)c(C(=O)N3CCSCC3)cnc2n1. The summed E-state index contributed by atoms with van der Waals surface area (Å²) in [5.41, 5.74) is 4.79. The second kappa shape index (κ2) is 10.1. The van der Waals surface area contributed by atoms with Crippen molar-refractivity contribution < 1.29 is 9.53 Å². The van der Waals surface area contributed by atoms with Crippen LogP contribution < -0.4 is 10.1 Å². The highest BCUT2D eigenvalue weighted by atomic mass is 32.2. The molecule has 5 rings (SSSR count). The zero-order valence-electron chi connectivity index (χ0n) is 19.0. The zero-order valence-corrected chi connectivity index (χ0v) is 19.8. The number of fused-ring (bicyclic) bond motifs is 1.